The van der Waals surface area contributed by atoms with Gasteiger partial charge in [-0.3, -0.25) is 9.35 Å². The molecule has 2 heterocycles. The Balaban J connectivity index is 1.62. The van der Waals surface area contributed by atoms with E-state index in [-0.39, 0.29) is 4.90 Å². The first kappa shape index (κ1) is 20.3. The van der Waals surface area contributed by atoms with Gasteiger partial charge < -0.3 is 11.1 Å². The van der Waals surface area contributed by atoms with Crippen LogP contribution >= 0.6 is 22.9 Å². The highest BCUT2D eigenvalue weighted by Gasteiger charge is 2.18. The number of nitrogens with zero attached hydrogens (tertiary/aromatic N) is 1. The summed E-state index contributed by atoms with van der Waals surface area (Å²) in [5.74, 6) is -0.442. The maximum absolute atomic E-state index is 12.7. The second-order valence-electron chi connectivity index (χ2n) is 6.35. The molecule has 2 aromatic heterocycles. The van der Waals surface area contributed by atoms with Gasteiger partial charge >= 0.3 is 0 Å². The molecule has 4 aromatic rings. The third kappa shape index (κ3) is 4.01. The SMILES string of the molecule is Nc1c(C(=O)Nc2ccc(S(=O)(=O)O)cc2)sc2nc(-c3ccc(Cl)cc3)ccc12. The van der Waals surface area contributed by atoms with E-state index in [9.17, 15) is 13.2 Å². The van der Waals surface area contributed by atoms with E-state index in [2.05, 4.69) is 10.3 Å². The van der Waals surface area contributed by atoms with Gasteiger partial charge in [-0.1, -0.05) is 23.7 Å². The Kier molecular flexibility index (Phi) is 5.20. The number of aromatic nitrogens is 1. The van der Waals surface area contributed by atoms with Crippen molar-refractivity contribution < 1.29 is 17.8 Å². The third-order valence-corrected chi connectivity index (χ3v) is 6.58. The minimum atomic E-state index is -4.30. The van der Waals surface area contributed by atoms with E-state index < -0.39 is 16.0 Å². The normalized spacial score (nSPS) is 11.5. The second kappa shape index (κ2) is 7.69. The molecule has 0 radical (unpaired) electrons. The average molecular weight is 460 g/mol. The Labute approximate surface area is 180 Å². The highest BCUT2D eigenvalue weighted by atomic mass is 35.5. The van der Waals surface area contributed by atoms with Gasteiger partial charge in [0.1, 0.15) is 9.71 Å². The molecule has 0 bridgehead atoms. The highest BCUT2D eigenvalue weighted by molar-refractivity contribution is 7.85. The van der Waals surface area contributed by atoms with Gasteiger partial charge in [-0.05, 0) is 48.5 Å². The molecule has 10 heteroatoms. The average Bonchev–Trinajstić information content (AvgIpc) is 3.04. The van der Waals surface area contributed by atoms with Crippen molar-refractivity contribution >= 4 is 60.6 Å². The lowest BCUT2D eigenvalue weighted by atomic mass is 10.1. The second-order valence-corrected chi connectivity index (χ2v) is 9.21. The Bertz CT molecular complexity index is 1370. The molecule has 0 aliphatic heterocycles. The zero-order chi connectivity index (χ0) is 21.5. The van der Waals surface area contributed by atoms with Crippen molar-refractivity contribution in [1.82, 2.24) is 4.98 Å². The molecule has 152 valence electrons. The molecule has 4 rings (SSSR count). The van der Waals surface area contributed by atoms with E-state index in [1.54, 1.807) is 12.1 Å². The van der Waals surface area contributed by atoms with Crippen LogP contribution in [0.3, 0.4) is 0 Å². The quantitative estimate of drug-likeness (QED) is 0.380. The molecule has 1 amide bonds. The van der Waals surface area contributed by atoms with Gasteiger partial charge in [0.25, 0.3) is 16.0 Å². The predicted molar refractivity (Wildman–Crippen MR) is 119 cm³/mol. The van der Waals surface area contributed by atoms with Crippen LogP contribution in [0.25, 0.3) is 21.5 Å². The summed E-state index contributed by atoms with van der Waals surface area (Å²) in [6.45, 7) is 0. The van der Waals surface area contributed by atoms with Crippen LogP contribution < -0.4 is 11.1 Å². The fourth-order valence-electron chi connectivity index (χ4n) is 2.85. The summed E-state index contributed by atoms with van der Waals surface area (Å²) >= 11 is 7.09. The number of benzene rings is 2. The summed E-state index contributed by atoms with van der Waals surface area (Å²) in [5.41, 5.74) is 8.46. The first-order valence-electron chi connectivity index (χ1n) is 8.56. The Morgan fingerprint density at radius 1 is 1.03 bits per heavy atom. The van der Waals surface area contributed by atoms with Gasteiger partial charge in [0.2, 0.25) is 0 Å². The van der Waals surface area contributed by atoms with E-state index in [1.165, 1.54) is 24.3 Å². The number of hydrogen-bond acceptors (Lipinski definition) is 6. The number of pyridine rings is 1. The van der Waals surface area contributed by atoms with Crippen LogP contribution in [0.4, 0.5) is 11.4 Å². The summed E-state index contributed by atoms with van der Waals surface area (Å²) in [4.78, 5) is 17.9. The number of amides is 1. The van der Waals surface area contributed by atoms with Crippen molar-refractivity contribution in [2.75, 3.05) is 11.1 Å². The molecular weight excluding hydrogens is 446 g/mol. The van der Waals surface area contributed by atoms with Crippen LogP contribution in [0, 0.1) is 0 Å². The number of thiophene rings is 1. The fraction of sp³-hybridized carbons (Fsp3) is 0. The van der Waals surface area contributed by atoms with Crippen molar-refractivity contribution in [3.63, 3.8) is 0 Å². The minimum absolute atomic E-state index is 0.263. The smallest absolute Gasteiger partial charge is 0.294 e. The van der Waals surface area contributed by atoms with Gasteiger partial charge in [0.05, 0.1) is 16.3 Å². The third-order valence-electron chi connectivity index (χ3n) is 4.35. The molecule has 0 unspecified atom stereocenters. The van der Waals surface area contributed by atoms with Crippen LogP contribution in [0.5, 0.6) is 0 Å². The Morgan fingerprint density at radius 2 is 1.70 bits per heavy atom. The molecule has 0 atom stereocenters. The summed E-state index contributed by atoms with van der Waals surface area (Å²) in [6.07, 6.45) is 0. The van der Waals surface area contributed by atoms with E-state index >= 15 is 0 Å². The van der Waals surface area contributed by atoms with Gasteiger partial charge in [0.15, 0.2) is 0 Å². The summed E-state index contributed by atoms with van der Waals surface area (Å²) < 4.78 is 31.3. The van der Waals surface area contributed by atoms with Crippen molar-refractivity contribution in [1.29, 1.82) is 0 Å². The first-order valence-corrected chi connectivity index (χ1v) is 11.2. The Morgan fingerprint density at radius 3 is 2.33 bits per heavy atom. The van der Waals surface area contributed by atoms with Crippen LogP contribution in [0.2, 0.25) is 5.02 Å². The zero-order valence-corrected chi connectivity index (χ0v) is 17.6. The molecule has 30 heavy (non-hydrogen) atoms. The number of anilines is 2. The lowest BCUT2D eigenvalue weighted by molar-refractivity contribution is 0.103. The van der Waals surface area contributed by atoms with Gasteiger partial charge in [0, 0.05) is 21.7 Å². The molecule has 0 aliphatic rings. The number of carbonyl (C=O) groups is 1. The summed E-state index contributed by atoms with van der Waals surface area (Å²) in [5, 5.41) is 3.96. The molecule has 0 aliphatic carbocycles. The molecule has 4 N–H and O–H groups in total. The number of hydrogen-bond donors (Lipinski definition) is 3. The van der Waals surface area contributed by atoms with Crippen molar-refractivity contribution in [3.05, 3.63) is 70.6 Å². The monoisotopic (exact) mass is 459 g/mol. The number of carbonyl (C=O) groups excluding carboxylic acids is 1. The maximum atomic E-state index is 12.7. The predicted octanol–water partition coefficient (Wildman–Crippen LogP) is 4.70. The molecule has 0 saturated heterocycles. The van der Waals surface area contributed by atoms with Crippen LogP contribution in [-0.4, -0.2) is 23.9 Å². The van der Waals surface area contributed by atoms with Crippen LogP contribution in [0.15, 0.2) is 65.6 Å². The molecule has 7 nitrogen and oxygen atoms in total. The van der Waals surface area contributed by atoms with Gasteiger partial charge in [-0.2, -0.15) is 8.42 Å². The van der Waals surface area contributed by atoms with Crippen LogP contribution in [-0.2, 0) is 10.1 Å². The number of nitrogens with one attached hydrogen (secondary N) is 1. The van der Waals surface area contributed by atoms with E-state index in [4.69, 9.17) is 21.9 Å². The minimum Gasteiger partial charge on any atom is -0.397 e. The standard InChI is InChI=1S/C20H14ClN3O4S2/c21-12-3-1-11(2-4-12)16-10-9-15-17(22)18(29-20(15)24-16)19(25)23-13-5-7-14(8-6-13)30(26,27)28/h1-10H,22H2,(H,23,25)(H,26,27,28). The van der Waals surface area contributed by atoms with Crippen molar-refractivity contribution in [2.24, 2.45) is 0 Å². The Hall–Kier alpha value is -2.98. The first-order chi connectivity index (χ1) is 14.2. The topological polar surface area (TPSA) is 122 Å². The largest absolute Gasteiger partial charge is 0.397 e. The van der Waals surface area contributed by atoms with Crippen LogP contribution in [0.1, 0.15) is 9.67 Å². The molecular formula is C20H14ClN3O4S2. The summed E-state index contributed by atoms with van der Waals surface area (Å²) in [6, 6.07) is 16.0. The molecule has 0 saturated carbocycles. The van der Waals surface area contributed by atoms with Gasteiger partial charge in [-0.25, -0.2) is 4.98 Å². The van der Waals surface area contributed by atoms with E-state index in [0.717, 1.165) is 22.6 Å². The van der Waals surface area contributed by atoms with E-state index in [0.29, 0.717) is 31.5 Å². The maximum Gasteiger partial charge on any atom is 0.294 e. The van der Waals surface area contributed by atoms with E-state index in [1.807, 2.05) is 24.3 Å². The number of rotatable bonds is 4. The number of fused-ring (bicyclic) bond motifs is 1. The van der Waals surface area contributed by atoms with Crippen molar-refractivity contribution in [3.8, 4) is 11.3 Å². The van der Waals surface area contributed by atoms with Crippen molar-refractivity contribution in [2.45, 2.75) is 4.90 Å². The number of nitrogen functional groups attached to an aromatic ring is 1. The number of nitrogens with two attached hydrogens (primary N) is 1. The van der Waals surface area contributed by atoms with Gasteiger partial charge in [-0.15, -0.1) is 11.3 Å². The molecule has 0 fully saturated rings. The molecule has 2 aromatic carbocycles. The summed E-state index contributed by atoms with van der Waals surface area (Å²) in [7, 11) is -4.30. The molecule has 0 spiro atoms. The fourth-order valence-corrected chi connectivity index (χ4v) is 4.44. The highest BCUT2D eigenvalue weighted by Crippen LogP contribution is 2.34. The number of halogens is 1. The lowest BCUT2D eigenvalue weighted by Crippen LogP contribution is -2.12. The lowest BCUT2D eigenvalue weighted by Gasteiger charge is -2.05. The zero-order valence-electron chi connectivity index (χ0n) is 15.2.